The summed E-state index contributed by atoms with van der Waals surface area (Å²) < 4.78 is 23.3. The Bertz CT molecular complexity index is 48.1. The van der Waals surface area contributed by atoms with Gasteiger partial charge in [-0.3, -0.25) is 0 Å². The number of rotatable bonds is 2. The quantitative estimate of drug-likeness (QED) is 0.554. The van der Waals surface area contributed by atoms with Crippen molar-refractivity contribution in [1.29, 1.82) is 0 Å². The summed E-state index contributed by atoms with van der Waals surface area (Å²) in [4.78, 5) is 0. The molecule has 0 saturated carbocycles. The van der Waals surface area contributed by atoms with E-state index >= 15 is 0 Å². The molecule has 0 atom stereocenters. The molecular formula is C4H9F2N. The van der Waals surface area contributed by atoms with Crippen molar-refractivity contribution in [2.75, 3.05) is 13.6 Å². The minimum absolute atomic E-state index is 0.243. The summed E-state index contributed by atoms with van der Waals surface area (Å²) in [6, 6.07) is 0. The Morgan fingerprint density at radius 1 is 1.57 bits per heavy atom. The first-order chi connectivity index (χ1) is 3.06. The Labute approximate surface area is 41.7 Å². The average Bonchev–Trinajstić information content (AvgIpc) is 1.30. The maximum atomic E-state index is 11.7. The summed E-state index contributed by atoms with van der Waals surface area (Å²) in [7, 11) is 1.50. The lowest BCUT2D eigenvalue weighted by atomic mass is 10.4. The van der Waals surface area contributed by atoms with E-state index in [0.717, 1.165) is 6.92 Å². The van der Waals surface area contributed by atoms with Gasteiger partial charge in [0, 0.05) is 6.92 Å². The molecule has 0 aromatic carbocycles. The maximum absolute atomic E-state index is 11.7. The SMILES string of the molecule is CNCC(C)(F)F. The summed E-state index contributed by atoms with van der Waals surface area (Å²) in [5, 5.41) is 2.36. The third kappa shape index (κ3) is 5.82. The van der Waals surface area contributed by atoms with E-state index in [1.54, 1.807) is 0 Å². The van der Waals surface area contributed by atoms with Crippen LogP contribution in [0.2, 0.25) is 0 Å². The van der Waals surface area contributed by atoms with Crippen molar-refractivity contribution in [2.24, 2.45) is 0 Å². The van der Waals surface area contributed by atoms with E-state index in [4.69, 9.17) is 0 Å². The van der Waals surface area contributed by atoms with Crippen LogP contribution in [0.15, 0.2) is 0 Å². The van der Waals surface area contributed by atoms with E-state index in [2.05, 4.69) is 5.32 Å². The summed E-state index contributed by atoms with van der Waals surface area (Å²) in [6.07, 6.45) is 0. The molecule has 0 aromatic rings. The van der Waals surface area contributed by atoms with Gasteiger partial charge in [0.1, 0.15) is 0 Å². The zero-order valence-electron chi connectivity index (χ0n) is 4.46. The predicted octanol–water partition coefficient (Wildman–Crippen LogP) is 0.861. The van der Waals surface area contributed by atoms with Crippen LogP contribution in [-0.2, 0) is 0 Å². The molecule has 0 aromatic heterocycles. The van der Waals surface area contributed by atoms with Gasteiger partial charge in [-0.15, -0.1) is 0 Å². The number of hydrogen-bond acceptors (Lipinski definition) is 1. The summed E-state index contributed by atoms with van der Waals surface area (Å²) >= 11 is 0. The van der Waals surface area contributed by atoms with Crippen molar-refractivity contribution in [3.8, 4) is 0 Å². The third-order valence-corrected chi connectivity index (χ3v) is 0.487. The number of halogens is 2. The van der Waals surface area contributed by atoms with E-state index in [0.29, 0.717) is 0 Å². The third-order valence-electron chi connectivity index (χ3n) is 0.487. The fraction of sp³-hybridized carbons (Fsp3) is 1.00. The molecule has 0 fully saturated rings. The van der Waals surface area contributed by atoms with Crippen LogP contribution in [0.1, 0.15) is 6.92 Å². The molecule has 0 aliphatic rings. The van der Waals surface area contributed by atoms with Gasteiger partial charge in [-0.2, -0.15) is 0 Å². The number of hydrogen-bond donors (Lipinski definition) is 1. The Balaban J connectivity index is 3.15. The minimum Gasteiger partial charge on any atom is -0.314 e. The van der Waals surface area contributed by atoms with Gasteiger partial charge in [0.15, 0.2) is 0 Å². The normalized spacial score (nSPS) is 12.0. The Morgan fingerprint density at radius 3 is 2.00 bits per heavy atom. The molecule has 44 valence electrons. The van der Waals surface area contributed by atoms with Crippen LogP contribution in [0, 0.1) is 0 Å². The smallest absolute Gasteiger partial charge is 0.257 e. The van der Waals surface area contributed by atoms with Gasteiger partial charge in [-0.05, 0) is 7.05 Å². The monoisotopic (exact) mass is 109 g/mol. The van der Waals surface area contributed by atoms with Gasteiger partial charge >= 0.3 is 0 Å². The molecule has 0 bridgehead atoms. The maximum Gasteiger partial charge on any atom is 0.257 e. The molecule has 3 heteroatoms. The molecule has 1 nitrogen and oxygen atoms in total. The largest absolute Gasteiger partial charge is 0.314 e. The van der Waals surface area contributed by atoms with Gasteiger partial charge in [0.25, 0.3) is 5.92 Å². The highest BCUT2D eigenvalue weighted by Gasteiger charge is 2.18. The van der Waals surface area contributed by atoms with Crippen molar-refractivity contribution in [1.82, 2.24) is 5.32 Å². The summed E-state index contributed by atoms with van der Waals surface area (Å²) in [5.41, 5.74) is 0. The molecule has 0 radical (unpaired) electrons. The van der Waals surface area contributed by atoms with Crippen LogP contribution in [0.25, 0.3) is 0 Å². The Kier molecular flexibility index (Phi) is 2.15. The Morgan fingerprint density at radius 2 is 2.00 bits per heavy atom. The van der Waals surface area contributed by atoms with E-state index in [-0.39, 0.29) is 6.54 Å². The first kappa shape index (κ1) is 6.82. The van der Waals surface area contributed by atoms with Crippen molar-refractivity contribution in [2.45, 2.75) is 12.8 Å². The highest BCUT2D eigenvalue weighted by Crippen LogP contribution is 2.07. The average molecular weight is 109 g/mol. The lowest BCUT2D eigenvalue weighted by molar-refractivity contribution is 0.0247. The van der Waals surface area contributed by atoms with E-state index < -0.39 is 5.92 Å². The molecule has 0 spiro atoms. The molecule has 0 saturated heterocycles. The first-order valence-electron chi connectivity index (χ1n) is 2.09. The van der Waals surface area contributed by atoms with Crippen LogP contribution in [-0.4, -0.2) is 19.5 Å². The fourth-order valence-electron chi connectivity index (χ4n) is 0.310. The topological polar surface area (TPSA) is 12.0 Å². The lowest BCUT2D eigenvalue weighted by Crippen LogP contribution is -2.26. The van der Waals surface area contributed by atoms with Gasteiger partial charge in [0.05, 0.1) is 6.54 Å². The predicted molar refractivity (Wildman–Crippen MR) is 24.5 cm³/mol. The van der Waals surface area contributed by atoms with Gasteiger partial charge in [0.2, 0.25) is 0 Å². The van der Waals surface area contributed by atoms with Crippen LogP contribution in [0.4, 0.5) is 8.78 Å². The molecule has 0 aliphatic heterocycles. The lowest BCUT2D eigenvalue weighted by Gasteiger charge is -2.06. The van der Waals surface area contributed by atoms with E-state index in [1.807, 2.05) is 0 Å². The van der Waals surface area contributed by atoms with Crippen LogP contribution in [0.5, 0.6) is 0 Å². The molecule has 7 heavy (non-hydrogen) atoms. The van der Waals surface area contributed by atoms with Crippen LogP contribution >= 0.6 is 0 Å². The molecule has 0 amide bonds. The molecule has 0 aliphatic carbocycles. The summed E-state index contributed by atoms with van der Waals surface area (Å²) in [5.74, 6) is -2.56. The Hall–Kier alpha value is -0.180. The number of nitrogens with one attached hydrogen (secondary N) is 1. The molecule has 0 heterocycles. The van der Waals surface area contributed by atoms with Crippen molar-refractivity contribution in [3.63, 3.8) is 0 Å². The number of alkyl halides is 2. The highest BCUT2D eigenvalue weighted by molar-refractivity contribution is 4.58. The standard InChI is InChI=1S/C4H9F2N/c1-4(5,6)3-7-2/h7H,3H2,1-2H3. The van der Waals surface area contributed by atoms with Gasteiger partial charge in [-0.25, -0.2) is 8.78 Å². The van der Waals surface area contributed by atoms with Gasteiger partial charge in [-0.1, -0.05) is 0 Å². The fourth-order valence-corrected chi connectivity index (χ4v) is 0.310. The second kappa shape index (κ2) is 2.21. The molecule has 1 N–H and O–H groups in total. The van der Waals surface area contributed by atoms with Crippen LogP contribution < -0.4 is 5.32 Å². The second-order valence-corrected chi connectivity index (χ2v) is 1.60. The molecule has 0 unspecified atom stereocenters. The highest BCUT2D eigenvalue weighted by atomic mass is 19.3. The van der Waals surface area contributed by atoms with E-state index in [1.165, 1.54) is 7.05 Å². The van der Waals surface area contributed by atoms with Gasteiger partial charge < -0.3 is 5.32 Å². The second-order valence-electron chi connectivity index (χ2n) is 1.60. The molecular weight excluding hydrogens is 100 g/mol. The van der Waals surface area contributed by atoms with Crippen molar-refractivity contribution in [3.05, 3.63) is 0 Å². The zero-order chi connectivity index (χ0) is 5.91. The van der Waals surface area contributed by atoms with E-state index in [9.17, 15) is 8.78 Å². The zero-order valence-corrected chi connectivity index (χ0v) is 4.46. The summed E-state index contributed by atoms with van der Waals surface area (Å²) in [6.45, 7) is 0.635. The molecule has 0 rings (SSSR count). The first-order valence-corrected chi connectivity index (χ1v) is 2.09. The van der Waals surface area contributed by atoms with Crippen molar-refractivity contribution >= 4 is 0 Å². The van der Waals surface area contributed by atoms with Crippen molar-refractivity contribution < 1.29 is 8.78 Å². The van der Waals surface area contributed by atoms with Crippen LogP contribution in [0.3, 0.4) is 0 Å². The minimum atomic E-state index is -2.56.